The Hall–Kier alpha value is -1.46. The molecule has 4 nitrogen and oxygen atoms in total. The van der Waals surface area contributed by atoms with Crippen molar-refractivity contribution >= 4 is 5.91 Å². The highest BCUT2D eigenvalue weighted by molar-refractivity contribution is 5.78. The summed E-state index contributed by atoms with van der Waals surface area (Å²) in [5, 5.41) is 3.19. The van der Waals surface area contributed by atoms with E-state index in [1.54, 1.807) is 0 Å². The fourth-order valence-electron chi connectivity index (χ4n) is 3.98. The first kappa shape index (κ1) is 18.3. The van der Waals surface area contributed by atoms with E-state index >= 15 is 0 Å². The van der Waals surface area contributed by atoms with E-state index in [2.05, 4.69) is 22.2 Å². The normalized spacial score (nSPS) is 21.8. The summed E-state index contributed by atoms with van der Waals surface area (Å²) in [6.07, 6.45) is 5.61. The zero-order valence-corrected chi connectivity index (χ0v) is 15.2. The number of halogens is 1. The number of amides is 1. The van der Waals surface area contributed by atoms with Crippen LogP contribution in [0.3, 0.4) is 0 Å². The number of carbonyl (C=O) groups excluding carboxylic acids is 1. The molecule has 1 aliphatic carbocycles. The second kappa shape index (κ2) is 8.77. The molecule has 2 aliphatic rings. The number of benzene rings is 1. The van der Waals surface area contributed by atoms with Crippen molar-refractivity contribution in [3.05, 3.63) is 35.6 Å². The van der Waals surface area contributed by atoms with Crippen LogP contribution in [0.25, 0.3) is 0 Å². The molecule has 1 amide bonds. The van der Waals surface area contributed by atoms with Gasteiger partial charge in [0.2, 0.25) is 5.91 Å². The Balaban J connectivity index is 1.65. The number of carbonyl (C=O) groups is 1. The highest BCUT2D eigenvalue weighted by atomic mass is 19.1. The van der Waals surface area contributed by atoms with Gasteiger partial charge in [0.1, 0.15) is 5.82 Å². The molecule has 1 aliphatic heterocycles. The lowest BCUT2D eigenvalue weighted by Crippen LogP contribution is -2.49. The molecule has 0 unspecified atom stereocenters. The van der Waals surface area contributed by atoms with Gasteiger partial charge in [-0.25, -0.2) is 4.39 Å². The first-order valence-electron chi connectivity index (χ1n) is 9.59. The number of piperazine rings is 1. The molecule has 1 saturated carbocycles. The second-order valence-electron chi connectivity index (χ2n) is 7.49. The van der Waals surface area contributed by atoms with E-state index in [4.69, 9.17) is 0 Å². The van der Waals surface area contributed by atoms with Crippen LogP contribution in [-0.4, -0.2) is 55.5 Å². The van der Waals surface area contributed by atoms with Crippen molar-refractivity contribution in [3.63, 3.8) is 0 Å². The molecule has 2 fully saturated rings. The quantitative estimate of drug-likeness (QED) is 0.890. The van der Waals surface area contributed by atoms with Gasteiger partial charge in [-0.05, 0) is 37.6 Å². The van der Waals surface area contributed by atoms with Crippen LogP contribution < -0.4 is 5.32 Å². The zero-order chi connectivity index (χ0) is 17.6. The number of hydrogen-bond donors (Lipinski definition) is 1. The second-order valence-corrected chi connectivity index (χ2v) is 7.49. The molecule has 1 atom stereocenters. The predicted molar refractivity (Wildman–Crippen MR) is 97.8 cm³/mol. The van der Waals surface area contributed by atoms with E-state index in [9.17, 15) is 9.18 Å². The Morgan fingerprint density at radius 2 is 1.76 bits per heavy atom. The maximum atomic E-state index is 13.3. The summed E-state index contributed by atoms with van der Waals surface area (Å²) in [5.74, 6) is 0.156. The van der Waals surface area contributed by atoms with Gasteiger partial charge >= 0.3 is 0 Å². The lowest BCUT2D eigenvalue weighted by molar-refractivity contribution is -0.126. The van der Waals surface area contributed by atoms with E-state index < -0.39 is 0 Å². The van der Waals surface area contributed by atoms with Gasteiger partial charge in [0.15, 0.2) is 0 Å². The molecule has 25 heavy (non-hydrogen) atoms. The molecule has 1 N–H and O–H groups in total. The molecule has 138 valence electrons. The highest BCUT2D eigenvalue weighted by Gasteiger charge is 2.26. The minimum atomic E-state index is -0.216. The van der Waals surface area contributed by atoms with Crippen LogP contribution in [-0.2, 0) is 4.79 Å². The first-order valence-corrected chi connectivity index (χ1v) is 9.59. The van der Waals surface area contributed by atoms with Crippen molar-refractivity contribution in [1.29, 1.82) is 0 Å². The first-order chi connectivity index (χ1) is 12.1. The van der Waals surface area contributed by atoms with Crippen LogP contribution in [0.2, 0.25) is 0 Å². The monoisotopic (exact) mass is 347 g/mol. The molecule has 0 bridgehead atoms. The zero-order valence-electron chi connectivity index (χ0n) is 15.2. The molecule has 0 radical (unpaired) electrons. The summed E-state index contributed by atoms with van der Waals surface area (Å²) in [5.41, 5.74) is 1.08. The Labute approximate surface area is 150 Å². The lowest BCUT2D eigenvalue weighted by Gasteiger charge is -2.38. The standard InChI is InChI=1S/C20H30FN3O/c1-23-11-13-24(14-12-23)19(16-7-9-18(21)10-8-16)15-22-20(25)17-5-3-2-4-6-17/h7-10,17,19H,2-6,11-15H2,1H3,(H,22,25)/t19-/m0/s1. The minimum Gasteiger partial charge on any atom is -0.354 e. The molecule has 1 aromatic carbocycles. The maximum absolute atomic E-state index is 13.3. The van der Waals surface area contributed by atoms with Crippen LogP contribution in [0.5, 0.6) is 0 Å². The Kier molecular flexibility index (Phi) is 6.43. The fourth-order valence-corrected chi connectivity index (χ4v) is 3.98. The van der Waals surface area contributed by atoms with Crippen molar-refractivity contribution in [2.24, 2.45) is 5.92 Å². The van der Waals surface area contributed by atoms with Crippen molar-refractivity contribution in [2.45, 2.75) is 38.1 Å². The van der Waals surface area contributed by atoms with Crippen molar-refractivity contribution in [2.75, 3.05) is 39.8 Å². The van der Waals surface area contributed by atoms with Gasteiger partial charge in [0.25, 0.3) is 0 Å². The minimum absolute atomic E-state index is 0.113. The largest absolute Gasteiger partial charge is 0.354 e. The third kappa shape index (κ3) is 5.02. The summed E-state index contributed by atoms with van der Waals surface area (Å²) < 4.78 is 13.3. The van der Waals surface area contributed by atoms with Crippen LogP contribution in [0.15, 0.2) is 24.3 Å². The van der Waals surface area contributed by atoms with Crippen molar-refractivity contribution in [3.8, 4) is 0 Å². The lowest BCUT2D eigenvalue weighted by atomic mass is 9.88. The van der Waals surface area contributed by atoms with Gasteiger partial charge in [-0.15, -0.1) is 0 Å². The topological polar surface area (TPSA) is 35.6 Å². The van der Waals surface area contributed by atoms with Crippen molar-refractivity contribution in [1.82, 2.24) is 15.1 Å². The number of nitrogens with one attached hydrogen (secondary N) is 1. The van der Waals surface area contributed by atoms with Crippen LogP contribution >= 0.6 is 0 Å². The van der Waals surface area contributed by atoms with E-state index in [1.165, 1.54) is 18.6 Å². The molecular weight excluding hydrogens is 317 g/mol. The molecule has 1 aromatic rings. The molecule has 0 spiro atoms. The fraction of sp³-hybridized carbons (Fsp3) is 0.650. The van der Waals surface area contributed by atoms with Gasteiger partial charge in [-0.3, -0.25) is 9.69 Å². The summed E-state index contributed by atoms with van der Waals surface area (Å²) in [7, 11) is 2.13. The maximum Gasteiger partial charge on any atom is 0.223 e. The van der Waals surface area contributed by atoms with Gasteiger partial charge in [0, 0.05) is 38.6 Å². The van der Waals surface area contributed by atoms with E-state index in [1.807, 2.05) is 12.1 Å². The molecular formula is C20H30FN3O. The molecule has 5 heteroatoms. The van der Waals surface area contributed by atoms with E-state index in [0.29, 0.717) is 6.54 Å². The third-order valence-electron chi connectivity index (χ3n) is 5.68. The van der Waals surface area contributed by atoms with Crippen molar-refractivity contribution < 1.29 is 9.18 Å². The van der Waals surface area contributed by atoms with Crippen LogP contribution in [0.1, 0.15) is 43.7 Å². The average molecular weight is 347 g/mol. The summed E-state index contributed by atoms with van der Waals surface area (Å²) in [6.45, 7) is 4.59. The molecule has 1 heterocycles. The van der Waals surface area contributed by atoms with Gasteiger partial charge in [-0.1, -0.05) is 31.4 Å². The Morgan fingerprint density at radius 3 is 2.40 bits per heavy atom. The van der Waals surface area contributed by atoms with Gasteiger partial charge in [0.05, 0.1) is 6.04 Å². The van der Waals surface area contributed by atoms with E-state index in [-0.39, 0.29) is 23.7 Å². The Bertz CT molecular complexity index is 549. The SMILES string of the molecule is CN1CCN([C@@H](CNC(=O)C2CCCCC2)c2ccc(F)cc2)CC1. The average Bonchev–Trinajstić information content (AvgIpc) is 2.65. The molecule has 1 saturated heterocycles. The number of nitrogens with zero attached hydrogens (tertiary/aromatic N) is 2. The highest BCUT2D eigenvalue weighted by Crippen LogP contribution is 2.25. The Morgan fingerprint density at radius 1 is 1.12 bits per heavy atom. The van der Waals surface area contributed by atoms with Crippen LogP contribution in [0.4, 0.5) is 4.39 Å². The third-order valence-corrected chi connectivity index (χ3v) is 5.68. The molecule has 3 rings (SSSR count). The van der Waals surface area contributed by atoms with Gasteiger partial charge < -0.3 is 10.2 Å². The number of rotatable bonds is 5. The predicted octanol–water partition coefficient (Wildman–Crippen LogP) is 2.81. The summed E-state index contributed by atoms with van der Waals surface area (Å²) in [4.78, 5) is 17.3. The smallest absolute Gasteiger partial charge is 0.223 e. The molecule has 0 aromatic heterocycles. The van der Waals surface area contributed by atoms with Gasteiger partial charge in [-0.2, -0.15) is 0 Å². The van der Waals surface area contributed by atoms with E-state index in [0.717, 1.165) is 57.4 Å². The number of hydrogen-bond acceptors (Lipinski definition) is 3. The van der Waals surface area contributed by atoms with Crippen LogP contribution in [0, 0.1) is 11.7 Å². The number of likely N-dealkylation sites (N-methyl/N-ethyl adjacent to an activating group) is 1. The summed E-state index contributed by atoms with van der Waals surface area (Å²) >= 11 is 0. The summed E-state index contributed by atoms with van der Waals surface area (Å²) in [6, 6.07) is 6.85.